The third kappa shape index (κ3) is 6.31. The molecular weight excluding hydrogens is 253 g/mol. The Balaban J connectivity index is 4.00. The van der Waals surface area contributed by atoms with Gasteiger partial charge in [-0.05, 0) is 13.3 Å². The zero-order valence-corrected chi connectivity index (χ0v) is 10.2. The molecule has 0 aliphatic carbocycles. The van der Waals surface area contributed by atoms with Crippen LogP contribution in [0, 0.1) is 5.41 Å². The van der Waals surface area contributed by atoms with Gasteiger partial charge in [-0.25, -0.2) is 4.79 Å². The van der Waals surface area contributed by atoms with E-state index < -0.39 is 36.6 Å². The molecule has 0 aromatic carbocycles. The number of carboxylic acids is 1. The second kappa shape index (κ2) is 6.46. The van der Waals surface area contributed by atoms with Crippen molar-refractivity contribution >= 4 is 12.0 Å². The SMILES string of the molecule is CCC(C)(CNC(=O)NCCC(F)(F)F)C(=O)O. The normalized spacial score (nSPS) is 14.7. The lowest BCUT2D eigenvalue weighted by molar-refractivity contribution is -0.147. The zero-order valence-electron chi connectivity index (χ0n) is 10.2. The molecule has 0 spiro atoms. The molecule has 0 bridgehead atoms. The average molecular weight is 270 g/mol. The van der Waals surface area contributed by atoms with E-state index in [2.05, 4.69) is 5.32 Å². The zero-order chi connectivity index (χ0) is 14.4. The third-order valence-electron chi connectivity index (χ3n) is 2.63. The standard InChI is InChI=1S/C10H17F3N2O3/c1-3-9(2,7(16)17)6-15-8(18)14-5-4-10(11,12)13/h3-6H2,1-2H3,(H,16,17)(H2,14,15,18). The second-order valence-corrected chi connectivity index (χ2v) is 4.19. The largest absolute Gasteiger partial charge is 0.481 e. The fourth-order valence-corrected chi connectivity index (χ4v) is 1.01. The van der Waals surface area contributed by atoms with Crippen molar-refractivity contribution in [2.24, 2.45) is 5.41 Å². The Morgan fingerprint density at radius 2 is 1.78 bits per heavy atom. The van der Waals surface area contributed by atoms with Crippen LogP contribution in [0.25, 0.3) is 0 Å². The van der Waals surface area contributed by atoms with E-state index in [0.29, 0.717) is 6.42 Å². The Kier molecular flexibility index (Phi) is 5.93. The minimum Gasteiger partial charge on any atom is -0.481 e. The summed E-state index contributed by atoms with van der Waals surface area (Å²) in [5, 5.41) is 13.2. The molecule has 1 unspecified atom stereocenters. The maximum absolute atomic E-state index is 11.8. The van der Waals surface area contributed by atoms with Crippen LogP contribution in [0.15, 0.2) is 0 Å². The van der Waals surface area contributed by atoms with Crippen LogP contribution in [0.5, 0.6) is 0 Å². The van der Waals surface area contributed by atoms with E-state index in [-0.39, 0.29) is 6.54 Å². The Hall–Kier alpha value is -1.47. The van der Waals surface area contributed by atoms with Crippen LogP contribution in [0.3, 0.4) is 0 Å². The van der Waals surface area contributed by atoms with E-state index >= 15 is 0 Å². The first-order valence-electron chi connectivity index (χ1n) is 5.42. The maximum atomic E-state index is 11.8. The summed E-state index contributed by atoms with van der Waals surface area (Å²) in [6.45, 7) is 2.42. The summed E-state index contributed by atoms with van der Waals surface area (Å²) in [6, 6.07) is -0.805. The van der Waals surface area contributed by atoms with Crippen molar-refractivity contribution < 1.29 is 27.9 Å². The summed E-state index contributed by atoms with van der Waals surface area (Å²) in [4.78, 5) is 22.0. The smallest absolute Gasteiger partial charge is 0.390 e. The van der Waals surface area contributed by atoms with Crippen LogP contribution >= 0.6 is 0 Å². The molecule has 2 amide bonds. The molecule has 0 aliphatic rings. The number of hydrogen-bond acceptors (Lipinski definition) is 2. The number of aliphatic carboxylic acids is 1. The van der Waals surface area contributed by atoms with Gasteiger partial charge in [0.05, 0.1) is 11.8 Å². The molecule has 0 fully saturated rings. The first-order chi connectivity index (χ1) is 8.10. The van der Waals surface area contributed by atoms with E-state index in [0.717, 1.165) is 0 Å². The molecule has 0 aromatic rings. The molecule has 5 nitrogen and oxygen atoms in total. The van der Waals surface area contributed by atoms with Gasteiger partial charge in [0.25, 0.3) is 0 Å². The van der Waals surface area contributed by atoms with Gasteiger partial charge in [0.2, 0.25) is 0 Å². The first-order valence-corrected chi connectivity index (χ1v) is 5.42. The van der Waals surface area contributed by atoms with Gasteiger partial charge in [-0.15, -0.1) is 0 Å². The van der Waals surface area contributed by atoms with Crippen LogP contribution in [0.4, 0.5) is 18.0 Å². The molecule has 18 heavy (non-hydrogen) atoms. The van der Waals surface area contributed by atoms with Crippen molar-refractivity contribution in [3.8, 4) is 0 Å². The second-order valence-electron chi connectivity index (χ2n) is 4.19. The highest BCUT2D eigenvalue weighted by Gasteiger charge is 2.31. The number of carboxylic acid groups (broad SMARTS) is 1. The maximum Gasteiger partial charge on any atom is 0.390 e. The Labute approximate surface area is 103 Å². The van der Waals surface area contributed by atoms with Crippen molar-refractivity contribution in [2.75, 3.05) is 13.1 Å². The number of nitrogens with one attached hydrogen (secondary N) is 2. The van der Waals surface area contributed by atoms with Crippen molar-refractivity contribution in [1.29, 1.82) is 0 Å². The fourth-order valence-electron chi connectivity index (χ4n) is 1.01. The number of urea groups is 1. The summed E-state index contributed by atoms with van der Waals surface area (Å²) in [7, 11) is 0. The van der Waals surface area contributed by atoms with E-state index in [1.807, 2.05) is 5.32 Å². The molecule has 0 aromatic heterocycles. The van der Waals surface area contributed by atoms with Crippen LogP contribution in [-0.2, 0) is 4.79 Å². The minimum atomic E-state index is -4.33. The number of hydrogen-bond donors (Lipinski definition) is 3. The molecule has 0 aliphatic heterocycles. The van der Waals surface area contributed by atoms with Gasteiger partial charge in [-0.3, -0.25) is 4.79 Å². The lowest BCUT2D eigenvalue weighted by Gasteiger charge is -2.23. The predicted molar refractivity (Wildman–Crippen MR) is 58.1 cm³/mol. The lowest BCUT2D eigenvalue weighted by atomic mass is 9.88. The van der Waals surface area contributed by atoms with Crippen LogP contribution in [0.1, 0.15) is 26.7 Å². The third-order valence-corrected chi connectivity index (χ3v) is 2.63. The molecule has 3 N–H and O–H groups in total. The lowest BCUT2D eigenvalue weighted by Crippen LogP contribution is -2.45. The summed E-state index contributed by atoms with van der Waals surface area (Å²) < 4.78 is 35.4. The molecule has 106 valence electrons. The molecule has 0 saturated heterocycles. The van der Waals surface area contributed by atoms with E-state index in [1.54, 1.807) is 6.92 Å². The van der Waals surface area contributed by atoms with E-state index in [4.69, 9.17) is 5.11 Å². The molecule has 0 rings (SSSR count). The fraction of sp³-hybridized carbons (Fsp3) is 0.800. The number of alkyl halides is 3. The Morgan fingerprint density at radius 3 is 2.17 bits per heavy atom. The van der Waals surface area contributed by atoms with E-state index in [9.17, 15) is 22.8 Å². The van der Waals surface area contributed by atoms with E-state index in [1.165, 1.54) is 6.92 Å². The van der Waals surface area contributed by atoms with Gasteiger partial charge >= 0.3 is 18.2 Å². The number of rotatable bonds is 6. The molecule has 0 saturated carbocycles. The van der Waals surface area contributed by atoms with Crippen molar-refractivity contribution in [3.63, 3.8) is 0 Å². The van der Waals surface area contributed by atoms with Crippen molar-refractivity contribution in [3.05, 3.63) is 0 Å². The van der Waals surface area contributed by atoms with Gasteiger partial charge in [-0.2, -0.15) is 13.2 Å². The average Bonchev–Trinajstić information content (AvgIpc) is 2.23. The van der Waals surface area contributed by atoms with Crippen LogP contribution < -0.4 is 10.6 Å². The minimum absolute atomic E-state index is 0.142. The monoisotopic (exact) mass is 270 g/mol. The number of carbonyl (C=O) groups excluding carboxylic acids is 1. The summed E-state index contributed by atoms with van der Waals surface area (Å²) in [5.41, 5.74) is -1.12. The highest BCUT2D eigenvalue weighted by atomic mass is 19.4. The highest BCUT2D eigenvalue weighted by Crippen LogP contribution is 2.20. The Morgan fingerprint density at radius 1 is 1.22 bits per heavy atom. The summed E-state index contributed by atoms with van der Waals surface area (Å²) in [6.07, 6.45) is -5.15. The molecule has 1 atom stereocenters. The quantitative estimate of drug-likeness (QED) is 0.688. The van der Waals surface area contributed by atoms with Gasteiger partial charge < -0.3 is 15.7 Å². The first kappa shape index (κ1) is 16.5. The molecule has 0 radical (unpaired) electrons. The number of halogens is 3. The van der Waals surface area contributed by atoms with Gasteiger partial charge in [0.1, 0.15) is 0 Å². The summed E-state index contributed by atoms with van der Waals surface area (Å²) >= 11 is 0. The topological polar surface area (TPSA) is 78.4 Å². The highest BCUT2D eigenvalue weighted by molar-refractivity contribution is 5.77. The molecular formula is C10H17F3N2O3. The van der Waals surface area contributed by atoms with Crippen LogP contribution in [0.2, 0.25) is 0 Å². The Bertz CT molecular complexity index is 307. The van der Waals surface area contributed by atoms with Gasteiger partial charge in [-0.1, -0.05) is 6.92 Å². The summed E-state index contributed by atoms with van der Waals surface area (Å²) in [5.74, 6) is -1.07. The van der Waals surface area contributed by atoms with Crippen molar-refractivity contribution in [2.45, 2.75) is 32.9 Å². The number of carbonyl (C=O) groups is 2. The number of amides is 2. The molecule has 0 heterocycles. The van der Waals surface area contributed by atoms with Crippen molar-refractivity contribution in [1.82, 2.24) is 10.6 Å². The van der Waals surface area contributed by atoms with Gasteiger partial charge in [0, 0.05) is 13.1 Å². The van der Waals surface area contributed by atoms with Gasteiger partial charge in [0.15, 0.2) is 0 Å². The molecule has 8 heteroatoms. The predicted octanol–water partition coefficient (Wildman–Crippen LogP) is 1.74. The van der Waals surface area contributed by atoms with Crippen LogP contribution in [-0.4, -0.2) is 36.4 Å².